The molecule has 0 amide bonds. The first kappa shape index (κ1) is 13.9. The highest BCUT2D eigenvalue weighted by atomic mass is 16.7. The van der Waals surface area contributed by atoms with Crippen LogP contribution in [0.4, 0.5) is 0 Å². The Balaban J connectivity index is 2.14. The number of phenols is 1. The van der Waals surface area contributed by atoms with Crippen molar-refractivity contribution in [2.75, 3.05) is 6.79 Å². The van der Waals surface area contributed by atoms with E-state index in [1.807, 2.05) is 37.3 Å². The summed E-state index contributed by atoms with van der Waals surface area (Å²) in [4.78, 5) is 0. The minimum Gasteiger partial charge on any atom is -0.508 e. The monoisotopic (exact) mass is 308 g/mol. The number of hydrogen-bond donors (Lipinski definition) is 2. The Morgan fingerprint density at radius 2 is 1.83 bits per heavy atom. The molecule has 4 heteroatoms. The van der Waals surface area contributed by atoms with Crippen molar-refractivity contribution >= 4 is 10.8 Å². The molecule has 0 saturated heterocycles. The molecule has 0 bridgehead atoms. The largest absolute Gasteiger partial charge is 0.508 e. The van der Waals surface area contributed by atoms with Crippen molar-refractivity contribution in [2.45, 2.75) is 13.5 Å². The maximum atomic E-state index is 9.90. The summed E-state index contributed by atoms with van der Waals surface area (Å²) in [6.07, 6.45) is 0. The van der Waals surface area contributed by atoms with Crippen molar-refractivity contribution in [1.29, 1.82) is 0 Å². The molecule has 0 spiro atoms. The molecule has 0 radical (unpaired) electrons. The number of aliphatic hydroxyl groups excluding tert-OH is 1. The Morgan fingerprint density at radius 3 is 2.57 bits per heavy atom. The third-order valence-electron chi connectivity index (χ3n) is 4.29. The summed E-state index contributed by atoms with van der Waals surface area (Å²) < 4.78 is 11.2. The van der Waals surface area contributed by atoms with Crippen LogP contribution in [0.3, 0.4) is 0 Å². The van der Waals surface area contributed by atoms with Crippen molar-refractivity contribution in [3.8, 4) is 28.4 Å². The molecule has 3 aromatic carbocycles. The second-order valence-electron chi connectivity index (χ2n) is 5.65. The van der Waals surface area contributed by atoms with Crippen molar-refractivity contribution in [3.63, 3.8) is 0 Å². The van der Waals surface area contributed by atoms with Crippen LogP contribution >= 0.6 is 0 Å². The van der Waals surface area contributed by atoms with Gasteiger partial charge >= 0.3 is 0 Å². The molecule has 0 fully saturated rings. The lowest BCUT2D eigenvalue weighted by atomic mass is 9.89. The molecule has 1 aliphatic heterocycles. The van der Waals surface area contributed by atoms with Gasteiger partial charge in [-0.1, -0.05) is 24.3 Å². The molecule has 0 unspecified atom stereocenters. The van der Waals surface area contributed by atoms with Gasteiger partial charge in [0.25, 0.3) is 0 Å². The molecule has 116 valence electrons. The topological polar surface area (TPSA) is 58.9 Å². The van der Waals surface area contributed by atoms with Crippen molar-refractivity contribution < 1.29 is 19.7 Å². The van der Waals surface area contributed by atoms with Gasteiger partial charge < -0.3 is 19.7 Å². The molecule has 3 aromatic rings. The van der Waals surface area contributed by atoms with Crippen LogP contribution in [-0.2, 0) is 6.61 Å². The fourth-order valence-corrected chi connectivity index (χ4v) is 3.18. The Morgan fingerprint density at radius 1 is 1.04 bits per heavy atom. The normalized spacial score (nSPS) is 12.8. The Labute approximate surface area is 133 Å². The number of benzene rings is 3. The number of aryl methyl sites for hydroxylation is 1. The Hall–Kier alpha value is -2.72. The smallest absolute Gasteiger partial charge is 0.231 e. The van der Waals surface area contributed by atoms with Crippen molar-refractivity contribution in [3.05, 3.63) is 53.6 Å². The number of ether oxygens (including phenoxy) is 2. The van der Waals surface area contributed by atoms with Gasteiger partial charge in [0.15, 0.2) is 11.5 Å². The van der Waals surface area contributed by atoms with E-state index < -0.39 is 0 Å². The van der Waals surface area contributed by atoms with Gasteiger partial charge in [-0.25, -0.2) is 0 Å². The van der Waals surface area contributed by atoms with Crippen LogP contribution in [0.25, 0.3) is 21.9 Å². The summed E-state index contributed by atoms with van der Waals surface area (Å²) >= 11 is 0. The number of hydrogen-bond acceptors (Lipinski definition) is 4. The van der Waals surface area contributed by atoms with E-state index in [0.717, 1.165) is 33.0 Å². The first-order valence-electron chi connectivity index (χ1n) is 7.44. The Kier molecular flexibility index (Phi) is 3.13. The number of aromatic hydroxyl groups is 1. The third kappa shape index (κ3) is 2.11. The van der Waals surface area contributed by atoms with E-state index >= 15 is 0 Å². The highest BCUT2D eigenvalue weighted by Crippen LogP contribution is 2.46. The summed E-state index contributed by atoms with van der Waals surface area (Å²) in [7, 11) is 0. The maximum absolute atomic E-state index is 9.90. The zero-order chi connectivity index (χ0) is 16.0. The number of phenolic OH excluding ortho intramolecular Hbond substituents is 1. The molecule has 0 aromatic heterocycles. The van der Waals surface area contributed by atoms with Gasteiger partial charge in [0.05, 0.1) is 6.61 Å². The van der Waals surface area contributed by atoms with E-state index in [1.54, 1.807) is 12.1 Å². The number of rotatable bonds is 2. The third-order valence-corrected chi connectivity index (χ3v) is 4.29. The Bertz CT molecular complexity index is 898. The highest BCUT2D eigenvalue weighted by Gasteiger charge is 2.22. The fraction of sp³-hybridized carbons (Fsp3) is 0.158. The summed E-state index contributed by atoms with van der Waals surface area (Å²) in [5, 5.41) is 21.4. The van der Waals surface area contributed by atoms with Crippen LogP contribution in [0.1, 0.15) is 11.1 Å². The predicted octanol–water partition coefficient (Wildman–Crippen LogP) is 3.74. The standard InChI is InChI=1S/C19H16O4/c1-11-8-13-4-7-16-19(23-10-22-16)18(13)17(15(11)9-20)12-2-5-14(21)6-3-12/h2-8,20-21H,9-10H2,1H3. The van der Waals surface area contributed by atoms with E-state index in [4.69, 9.17) is 9.47 Å². The van der Waals surface area contributed by atoms with Gasteiger partial charge in [-0.2, -0.15) is 0 Å². The molecule has 0 atom stereocenters. The summed E-state index contributed by atoms with van der Waals surface area (Å²) in [5.41, 5.74) is 3.71. The van der Waals surface area contributed by atoms with Gasteiger partial charge in [0, 0.05) is 5.39 Å². The molecular formula is C19H16O4. The van der Waals surface area contributed by atoms with E-state index in [-0.39, 0.29) is 19.1 Å². The molecule has 4 nitrogen and oxygen atoms in total. The van der Waals surface area contributed by atoms with Gasteiger partial charge in [-0.15, -0.1) is 0 Å². The molecule has 1 aliphatic rings. The van der Waals surface area contributed by atoms with Gasteiger partial charge in [-0.05, 0) is 52.8 Å². The fourth-order valence-electron chi connectivity index (χ4n) is 3.18. The zero-order valence-corrected chi connectivity index (χ0v) is 12.7. The first-order valence-corrected chi connectivity index (χ1v) is 7.44. The minimum absolute atomic E-state index is 0.0670. The molecule has 1 heterocycles. The highest BCUT2D eigenvalue weighted by molar-refractivity contribution is 6.04. The summed E-state index contributed by atoms with van der Waals surface area (Å²) in [6.45, 7) is 2.12. The second kappa shape index (κ2) is 5.18. The summed E-state index contributed by atoms with van der Waals surface area (Å²) in [5.74, 6) is 1.63. The lowest BCUT2D eigenvalue weighted by molar-refractivity contribution is 0.175. The van der Waals surface area contributed by atoms with E-state index in [0.29, 0.717) is 11.5 Å². The maximum Gasteiger partial charge on any atom is 0.231 e. The number of aliphatic hydroxyl groups is 1. The van der Waals surface area contributed by atoms with Crippen LogP contribution in [-0.4, -0.2) is 17.0 Å². The average molecular weight is 308 g/mol. The van der Waals surface area contributed by atoms with Crippen LogP contribution in [0.2, 0.25) is 0 Å². The molecule has 2 N–H and O–H groups in total. The molecule has 0 aliphatic carbocycles. The van der Waals surface area contributed by atoms with Crippen LogP contribution in [0, 0.1) is 6.92 Å². The van der Waals surface area contributed by atoms with Crippen LogP contribution < -0.4 is 9.47 Å². The van der Waals surface area contributed by atoms with Crippen LogP contribution in [0.5, 0.6) is 17.2 Å². The summed E-state index contributed by atoms with van der Waals surface area (Å²) in [6, 6.07) is 12.9. The van der Waals surface area contributed by atoms with E-state index in [9.17, 15) is 10.2 Å². The second-order valence-corrected chi connectivity index (χ2v) is 5.65. The minimum atomic E-state index is -0.0670. The predicted molar refractivity (Wildman–Crippen MR) is 87.8 cm³/mol. The van der Waals surface area contributed by atoms with Crippen molar-refractivity contribution in [2.24, 2.45) is 0 Å². The molecular weight excluding hydrogens is 292 g/mol. The zero-order valence-electron chi connectivity index (χ0n) is 12.7. The quantitative estimate of drug-likeness (QED) is 0.757. The van der Waals surface area contributed by atoms with E-state index in [1.165, 1.54) is 0 Å². The van der Waals surface area contributed by atoms with Gasteiger partial charge in [0.1, 0.15) is 5.75 Å². The van der Waals surface area contributed by atoms with Gasteiger partial charge in [0.2, 0.25) is 6.79 Å². The van der Waals surface area contributed by atoms with E-state index in [2.05, 4.69) is 0 Å². The number of fused-ring (bicyclic) bond motifs is 3. The van der Waals surface area contributed by atoms with Gasteiger partial charge in [-0.3, -0.25) is 0 Å². The SMILES string of the molecule is Cc1cc2ccc3c(c2c(-c2ccc(O)cc2)c1CO)OCO3. The molecule has 23 heavy (non-hydrogen) atoms. The first-order chi connectivity index (χ1) is 11.2. The average Bonchev–Trinajstić information content (AvgIpc) is 3.03. The van der Waals surface area contributed by atoms with Crippen molar-refractivity contribution in [1.82, 2.24) is 0 Å². The lowest BCUT2D eigenvalue weighted by Gasteiger charge is -2.16. The molecule has 4 rings (SSSR count). The molecule has 0 saturated carbocycles. The van der Waals surface area contributed by atoms with Crippen LogP contribution in [0.15, 0.2) is 42.5 Å². The lowest BCUT2D eigenvalue weighted by Crippen LogP contribution is -1.97.